The highest BCUT2D eigenvalue weighted by atomic mass is 16.1. The van der Waals surface area contributed by atoms with Gasteiger partial charge < -0.3 is 10.3 Å². The Balaban J connectivity index is 1.77. The van der Waals surface area contributed by atoms with Gasteiger partial charge in [-0.3, -0.25) is 9.89 Å². The summed E-state index contributed by atoms with van der Waals surface area (Å²) >= 11 is 0. The molecule has 3 aromatic heterocycles. The summed E-state index contributed by atoms with van der Waals surface area (Å²) in [5, 5.41) is 10.5. The molecule has 0 atom stereocenters. The minimum absolute atomic E-state index is 0.0944. The SMILES string of the molecule is CNC(=O)c1ccc(-c2cnc3[nH]cc(-c4cn[nH]c4)c3c2)cc1. The second kappa shape index (κ2) is 5.66. The fraction of sp³-hybridized carbons (Fsp3) is 0.0556. The van der Waals surface area contributed by atoms with Crippen molar-refractivity contribution in [1.82, 2.24) is 25.5 Å². The molecule has 24 heavy (non-hydrogen) atoms. The van der Waals surface area contributed by atoms with Gasteiger partial charge in [-0.2, -0.15) is 5.10 Å². The zero-order valence-corrected chi connectivity index (χ0v) is 13.0. The Bertz CT molecular complexity index is 1000. The topological polar surface area (TPSA) is 86.5 Å². The predicted octanol–water partition coefficient (Wildman–Crippen LogP) is 2.98. The molecular weight excluding hydrogens is 302 g/mol. The summed E-state index contributed by atoms with van der Waals surface area (Å²) in [6.45, 7) is 0. The van der Waals surface area contributed by atoms with E-state index in [1.54, 1.807) is 13.2 Å². The van der Waals surface area contributed by atoms with Crippen molar-refractivity contribution in [3.05, 3.63) is 60.7 Å². The van der Waals surface area contributed by atoms with Crippen LogP contribution >= 0.6 is 0 Å². The third kappa shape index (κ3) is 2.34. The van der Waals surface area contributed by atoms with Gasteiger partial charge in [-0.1, -0.05) is 12.1 Å². The first-order valence-electron chi connectivity index (χ1n) is 7.55. The number of carbonyl (C=O) groups excluding carboxylic acids is 1. The van der Waals surface area contributed by atoms with E-state index in [1.807, 2.05) is 42.9 Å². The Labute approximate surface area is 137 Å². The van der Waals surface area contributed by atoms with Crippen molar-refractivity contribution in [3.8, 4) is 22.3 Å². The molecule has 1 aromatic carbocycles. The molecule has 6 nitrogen and oxygen atoms in total. The first kappa shape index (κ1) is 14.2. The van der Waals surface area contributed by atoms with Crippen molar-refractivity contribution in [1.29, 1.82) is 0 Å². The maximum atomic E-state index is 11.6. The monoisotopic (exact) mass is 317 g/mol. The molecule has 0 spiro atoms. The molecule has 0 saturated heterocycles. The number of amides is 1. The van der Waals surface area contributed by atoms with Crippen LogP contribution in [0.1, 0.15) is 10.4 Å². The zero-order chi connectivity index (χ0) is 16.5. The van der Waals surface area contributed by atoms with Gasteiger partial charge in [0.25, 0.3) is 5.91 Å². The first-order chi connectivity index (χ1) is 11.8. The van der Waals surface area contributed by atoms with E-state index >= 15 is 0 Å². The third-order valence-corrected chi connectivity index (χ3v) is 4.05. The lowest BCUT2D eigenvalue weighted by molar-refractivity contribution is 0.0963. The minimum Gasteiger partial charge on any atom is -0.355 e. The Kier molecular flexibility index (Phi) is 3.35. The number of carbonyl (C=O) groups is 1. The second-order valence-electron chi connectivity index (χ2n) is 5.47. The van der Waals surface area contributed by atoms with Crippen LogP contribution in [0.15, 0.2) is 55.1 Å². The third-order valence-electron chi connectivity index (χ3n) is 4.05. The van der Waals surface area contributed by atoms with Crippen molar-refractivity contribution in [2.75, 3.05) is 7.05 Å². The fourth-order valence-corrected chi connectivity index (χ4v) is 2.76. The number of rotatable bonds is 3. The molecule has 4 rings (SSSR count). The predicted molar refractivity (Wildman–Crippen MR) is 92.5 cm³/mol. The summed E-state index contributed by atoms with van der Waals surface area (Å²) in [6.07, 6.45) is 7.40. The average molecular weight is 317 g/mol. The summed E-state index contributed by atoms with van der Waals surface area (Å²) in [7, 11) is 1.62. The lowest BCUT2D eigenvalue weighted by Gasteiger charge is -2.04. The molecule has 0 aliphatic heterocycles. The normalized spacial score (nSPS) is 10.9. The molecule has 0 radical (unpaired) electrons. The molecule has 0 fully saturated rings. The van der Waals surface area contributed by atoms with Crippen LogP contribution < -0.4 is 5.32 Å². The van der Waals surface area contributed by atoms with Gasteiger partial charge in [0.1, 0.15) is 5.65 Å². The van der Waals surface area contributed by atoms with E-state index in [1.165, 1.54) is 0 Å². The molecule has 0 aliphatic rings. The van der Waals surface area contributed by atoms with E-state index in [9.17, 15) is 4.79 Å². The van der Waals surface area contributed by atoms with Gasteiger partial charge in [-0.25, -0.2) is 4.98 Å². The Morgan fingerprint density at radius 2 is 1.88 bits per heavy atom. The van der Waals surface area contributed by atoms with Gasteiger partial charge in [0, 0.05) is 53.3 Å². The molecule has 0 unspecified atom stereocenters. The number of nitrogens with one attached hydrogen (secondary N) is 3. The Morgan fingerprint density at radius 1 is 1.04 bits per heavy atom. The van der Waals surface area contributed by atoms with Crippen molar-refractivity contribution in [2.24, 2.45) is 0 Å². The average Bonchev–Trinajstić information content (AvgIpc) is 3.29. The number of aromatic amines is 2. The molecule has 0 bridgehead atoms. The van der Waals surface area contributed by atoms with E-state index in [0.29, 0.717) is 5.56 Å². The first-order valence-corrected chi connectivity index (χ1v) is 7.55. The lowest BCUT2D eigenvalue weighted by atomic mass is 10.0. The van der Waals surface area contributed by atoms with Crippen LogP contribution in [0.25, 0.3) is 33.3 Å². The number of hydrogen-bond donors (Lipinski definition) is 3. The second-order valence-corrected chi connectivity index (χ2v) is 5.47. The molecule has 0 saturated carbocycles. The van der Waals surface area contributed by atoms with Crippen LogP contribution in [0.4, 0.5) is 0 Å². The van der Waals surface area contributed by atoms with Crippen molar-refractivity contribution < 1.29 is 4.79 Å². The maximum absolute atomic E-state index is 11.6. The van der Waals surface area contributed by atoms with Crippen LogP contribution in [0.2, 0.25) is 0 Å². The van der Waals surface area contributed by atoms with Gasteiger partial charge in [-0.05, 0) is 23.8 Å². The van der Waals surface area contributed by atoms with Crippen LogP contribution in [0, 0.1) is 0 Å². The van der Waals surface area contributed by atoms with E-state index in [4.69, 9.17) is 0 Å². The summed E-state index contributed by atoms with van der Waals surface area (Å²) in [5.74, 6) is -0.0944. The molecule has 0 aliphatic carbocycles. The number of benzene rings is 1. The minimum atomic E-state index is -0.0944. The number of pyridine rings is 1. The number of H-pyrrole nitrogens is 2. The van der Waals surface area contributed by atoms with Crippen molar-refractivity contribution in [2.45, 2.75) is 0 Å². The summed E-state index contributed by atoms with van der Waals surface area (Å²) in [5.41, 5.74) is 5.53. The quantitative estimate of drug-likeness (QED) is 0.543. The van der Waals surface area contributed by atoms with Crippen molar-refractivity contribution >= 4 is 16.9 Å². The van der Waals surface area contributed by atoms with Crippen molar-refractivity contribution in [3.63, 3.8) is 0 Å². The Hall–Kier alpha value is -3.41. The summed E-state index contributed by atoms with van der Waals surface area (Å²) in [4.78, 5) is 19.3. The molecule has 3 N–H and O–H groups in total. The molecule has 118 valence electrons. The Morgan fingerprint density at radius 3 is 2.58 bits per heavy atom. The largest absolute Gasteiger partial charge is 0.355 e. The molecule has 3 heterocycles. The van der Waals surface area contributed by atoms with Gasteiger partial charge in [0.15, 0.2) is 0 Å². The summed E-state index contributed by atoms with van der Waals surface area (Å²) < 4.78 is 0. The van der Waals surface area contributed by atoms with Crippen LogP contribution in [0.5, 0.6) is 0 Å². The fourth-order valence-electron chi connectivity index (χ4n) is 2.76. The van der Waals surface area contributed by atoms with E-state index < -0.39 is 0 Å². The highest BCUT2D eigenvalue weighted by Crippen LogP contribution is 2.30. The van der Waals surface area contributed by atoms with Crippen LogP contribution in [-0.4, -0.2) is 33.1 Å². The molecular formula is C18H15N5O. The van der Waals surface area contributed by atoms with Gasteiger partial charge >= 0.3 is 0 Å². The maximum Gasteiger partial charge on any atom is 0.251 e. The number of nitrogens with zero attached hydrogens (tertiary/aromatic N) is 2. The summed E-state index contributed by atoms with van der Waals surface area (Å²) in [6, 6.07) is 9.57. The van der Waals surface area contributed by atoms with E-state index in [2.05, 4.69) is 31.5 Å². The van der Waals surface area contributed by atoms with Gasteiger partial charge in [-0.15, -0.1) is 0 Å². The van der Waals surface area contributed by atoms with Gasteiger partial charge in [0.05, 0.1) is 6.20 Å². The van der Waals surface area contributed by atoms with E-state index in [0.717, 1.165) is 33.3 Å². The van der Waals surface area contributed by atoms with Crippen LogP contribution in [-0.2, 0) is 0 Å². The number of hydrogen-bond acceptors (Lipinski definition) is 3. The highest BCUT2D eigenvalue weighted by molar-refractivity contribution is 5.96. The molecule has 1 amide bonds. The van der Waals surface area contributed by atoms with Gasteiger partial charge in [0.2, 0.25) is 0 Å². The smallest absolute Gasteiger partial charge is 0.251 e. The number of fused-ring (bicyclic) bond motifs is 1. The number of aromatic nitrogens is 4. The molecule has 6 heteroatoms. The highest BCUT2D eigenvalue weighted by Gasteiger charge is 2.10. The lowest BCUT2D eigenvalue weighted by Crippen LogP contribution is -2.17. The zero-order valence-electron chi connectivity index (χ0n) is 13.0. The van der Waals surface area contributed by atoms with E-state index in [-0.39, 0.29) is 5.91 Å². The van der Waals surface area contributed by atoms with Crippen LogP contribution in [0.3, 0.4) is 0 Å². The molecule has 4 aromatic rings. The standard InChI is InChI=1S/C18H15N5O/c1-19-18(24)12-4-2-11(3-5-12)13-6-15-16(14-8-22-23-9-14)10-21-17(15)20-7-13/h2-10H,1H3,(H,19,24)(H,20,21)(H,22,23).